The van der Waals surface area contributed by atoms with Gasteiger partial charge >= 0.3 is 0 Å². The summed E-state index contributed by atoms with van der Waals surface area (Å²) in [4.78, 5) is 0. The molecule has 1 nitrogen and oxygen atoms in total. The van der Waals surface area contributed by atoms with Gasteiger partial charge in [0.1, 0.15) is 0 Å². The van der Waals surface area contributed by atoms with E-state index in [2.05, 4.69) is 32.8 Å². The Morgan fingerprint density at radius 2 is 2.06 bits per heavy atom. The molecule has 0 aromatic rings. The van der Waals surface area contributed by atoms with Gasteiger partial charge in [0.05, 0.1) is 0 Å². The van der Waals surface area contributed by atoms with Gasteiger partial charge in [-0.15, -0.1) is 6.58 Å². The van der Waals surface area contributed by atoms with E-state index in [9.17, 15) is 0 Å². The minimum Gasteiger partial charge on any atom is -0.319 e. The molecule has 1 aliphatic carbocycles. The first-order valence-electron chi connectivity index (χ1n) is 6.96. The first kappa shape index (κ1) is 13.8. The highest BCUT2D eigenvalue weighted by atomic mass is 14.8. The van der Waals surface area contributed by atoms with Crippen LogP contribution in [-0.4, -0.2) is 13.6 Å². The van der Waals surface area contributed by atoms with E-state index in [1.54, 1.807) is 0 Å². The maximum Gasteiger partial charge on any atom is -0.00209 e. The summed E-state index contributed by atoms with van der Waals surface area (Å²) in [5.41, 5.74) is 1.35. The van der Waals surface area contributed by atoms with Gasteiger partial charge in [0, 0.05) is 0 Å². The van der Waals surface area contributed by atoms with E-state index < -0.39 is 0 Å². The lowest BCUT2D eigenvalue weighted by Gasteiger charge is -2.36. The fraction of sp³-hybridized carbons (Fsp3) is 0.867. The molecule has 0 aromatic carbocycles. The molecule has 1 fully saturated rings. The molecular weight excluding hydrogens is 194 g/mol. The van der Waals surface area contributed by atoms with E-state index in [0.717, 1.165) is 17.8 Å². The van der Waals surface area contributed by atoms with Gasteiger partial charge in [-0.2, -0.15) is 0 Å². The third-order valence-corrected chi connectivity index (χ3v) is 4.23. The van der Waals surface area contributed by atoms with Crippen molar-refractivity contribution in [3.05, 3.63) is 12.2 Å². The largest absolute Gasteiger partial charge is 0.319 e. The lowest BCUT2D eigenvalue weighted by molar-refractivity contribution is 0.165. The standard InChI is InChI=1S/C15H29N/c1-5-13-7-9-15(11-16-4)14(10-13)8-6-12(2)3/h13-16H,2,5-11H2,1,3-4H3. The van der Waals surface area contributed by atoms with Crippen LogP contribution in [0.25, 0.3) is 0 Å². The first-order chi connectivity index (χ1) is 7.67. The number of allylic oxidation sites excluding steroid dienone is 1. The summed E-state index contributed by atoms with van der Waals surface area (Å²) in [5, 5.41) is 3.37. The van der Waals surface area contributed by atoms with Crippen molar-refractivity contribution in [2.45, 2.75) is 52.4 Å². The van der Waals surface area contributed by atoms with Gasteiger partial charge in [0.2, 0.25) is 0 Å². The molecule has 0 bridgehead atoms. The molecular formula is C15H29N. The Hall–Kier alpha value is -0.300. The number of nitrogens with one attached hydrogen (secondary N) is 1. The second-order valence-electron chi connectivity index (χ2n) is 5.66. The van der Waals surface area contributed by atoms with E-state index in [0.29, 0.717) is 0 Å². The van der Waals surface area contributed by atoms with Crippen LogP contribution in [0.5, 0.6) is 0 Å². The third-order valence-electron chi connectivity index (χ3n) is 4.23. The molecule has 94 valence electrons. The second kappa shape index (κ2) is 7.11. The van der Waals surface area contributed by atoms with Crippen molar-refractivity contribution in [2.24, 2.45) is 17.8 Å². The van der Waals surface area contributed by atoms with Gasteiger partial charge in [-0.1, -0.05) is 25.3 Å². The van der Waals surface area contributed by atoms with Crippen LogP contribution in [0, 0.1) is 17.8 Å². The van der Waals surface area contributed by atoms with E-state index in [-0.39, 0.29) is 0 Å². The van der Waals surface area contributed by atoms with Crippen LogP contribution in [0.4, 0.5) is 0 Å². The van der Waals surface area contributed by atoms with Crippen LogP contribution in [0.3, 0.4) is 0 Å². The van der Waals surface area contributed by atoms with Crippen molar-refractivity contribution in [2.75, 3.05) is 13.6 Å². The molecule has 0 amide bonds. The van der Waals surface area contributed by atoms with Crippen LogP contribution >= 0.6 is 0 Å². The molecule has 1 saturated carbocycles. The van der Waals surface area contributed by atoms with Gasteiger partial charge < -0.3 is 5.32 Å². The highest BCUT2D eigenvalue weighted by Gasteiger charge is 2.28. The molecule has 1 N–H and O–H groups in total. The van der Waals surface area contributed by atoms with E-state index in [1.807, 2.05) is 0 Å². The maximum atomic E-state index is 4.03. The van der Waals surface area contributed by atoms with Crippen molar-refractivity contribution >= 4 is 0 Å². The summed E-state index contributed by atoms with van der Waals surface area (Å²) in [6, 6.07) is 0. The molecule has 1 aliphatic rings. The van der Waals surface area contributed by atoms with Crippen LogP contribution in [0.2, 0.25) is 0 Å². The molecule has 0 aromatic heterocycles. The third kappa shape index (κ3) is 4.29. The summed E-state index contributed by atoms with van der Waals surface area (Å²) in [6.45, 7) is 9.75. The van der Waals surface area contributed by atoms with Crippen molar-refractivity contribution in [1.82, 2.24) is 5.32 Å². The Bertz CT molecular complexity index is 209. The normalized spacial score (nSPS) is 30.3. The summed E-state index contributed by atoms with van der Waals surface area (Å²) in [5.74, 6) is 2.83. The smallest absolute Gasteiger partial charge is 0.00209 e. The molecule has 0 saturated heterocycles. The van der Waals surface area contributed by atoms with E-state index in [4.69, 9.17) is 0 Å². The Balaban J connectivity index is 2.46. The van der Waals surface area contributed by atoms with Crippen LogP contribution in [-0.2, 0) is 0 Å². The maximum absolute atomic E-state index is 4.03. The number of hydrogen-bond donors (Lipinski definition) is 1. The van der Waals surface area contributed by atoms with Crippen molar-refractivity contribution < 1.29 is 0 Å². The lowest BCUT2D eigenvalue weighted by Crippen LogP contribution is -2.31. The zero-order valence-electron chi connectivity index (χ0n) is 11.4. The quantitative estimate of drug-likeness (QED) is 0.671. The molecule has 0 aliphatic heterocycles. The van der Waals surface area contributed by atoms with Crippen LogP contribution < -0.4 is 5.32 Å². The van der Waals surface area contributed by atoms with Gasteiger partial charge in [0.15, 0.2) is 0 Å². The highest BCUT2D eigenvalue weighted by molar-refractivity contribution is 4.90. The Morgan fingerprint density at radius 1 is 1.31 bits per heavy atom. The highest BCUT2D eigenvalue weighted by Crippen LogP contribution is 2.38. The van der Waals surface area contributed by atoms with Crippen molar-refractivity contribution in [3.8, 4) is 0 Å². The number of hydrogen-bond acceptors (Lipinski definition) is 1. The molecule has 16 heavy (non-hydrogen) atoms. The summed E-state index contributed by atoms with van der Waals surface area (Å²) in [7, 11) is 2.09. The van der Waals surface area contributed by atoms with E-state index >= 15 is 0 Å². The molecule has 1 heteroatoms. The van der Waals surface area contributed by atoms with Gasteiger partial charge in [0.25, 0.3) is 0 Å². The Morgan fingerprint density at radius 3 is 2.62 bits per heavy atom. The second-order valence-corrected chi connectivity index (χ2v) is 5.66. The number of rotatable bonds is 6. The Labute approximate surface area is 102 Å². The SMILES string of the molecule is C=C(C)CCC1CC(CC)CCC1CNC. The average molecular weight is 223 g/mol. The zero-order chi connectivity index (χ0) is 12.0. The predicted octanol–water partition coefficient (Wildman–Crippen LogP) is 4.00. The molecule has 0 radical (unpaired) electrons. The van der Waals surface area contributed by atoms with Crippen LogP contribution in [0.1, 0.15) is 52.4 Å². The predicted molar refractivity (Wildman–Crippen MR) is 72.6 cm³/mol. The lowest BCUT2D eigenvalue weighted by atomic mass is 9.71. The first-order valence-corrected chi connectivity index (χ1v) is 6.96. The zero-order valence-corrected chi connectivity index (χ0v) is 11.4. The topological polar surface area (TPSA) is 12.0 Å². The van der Waals surface area contributed by atoms with E-state index in [1.165, 1.54) is 50.6 Å². The van der Waals surface area contributed by atoms with Crippen molar-refractivity contribution in [1.29, 1.82) is 0 Å². The van der Waals surface area contributed by atoms with Gasteiger partial charge in [-0.05, 0) is 64.0 Å². The minimum absolute atomic E-state index is 0.909. The summed E-state index contributed by atoms with van der Waals surface area (Å²) >= 11 is 0. The molecule has 0 spiro atoms. The monoisotopic (exact) mass is 223 g/mol. The minimum atomic E-state index is 0.909. The Kier molecular flexibility index (Phi) is 6.12. The average Bonchev–Trinajstić information content (AvgIpc) is 2.28. The summed E-state index contributed by atoms with van der Waals surface area (Å²) in [6.07, 6.45) is 8.29. The van der Waals surface area contributed by atoms with Gasteiger partial charge in [-0.25, -0.2) is 0 Å². The molecule has 3 atom stereocenters. The van der Waals surface area contributed by atoms with Crippen LogP contribution in [0.15, 0.2) is 12.2 Å². The molecule has 0 heterocycles. The summed E-state index contributed by atoms with van der Waals surface area (Å²) < 4.78 is 0. The van der Waals surface area contributed by atoms with Crippen molar-refractivity contribution in [3.63, 3.8) is 0 Å². The fourth-order valence-corrected chi connectivity index (χ4v) is 3.11. The molecule has 1 rings (SSSR count). The van der Waals surface area contributed by atoms with Gasteiger partial charge in [-0.3, -0.25) is 0 Å². The fourth-order valence-electron chi connectivity index (χ4n) is 3.11. The molecule has 3 unspecified atom stereocenters.